The Morgan fingerprint density at radius 1 is 1.00 bits per heavy atom. The third kappa shape index (κ3) is 2.99. The summed E-state index contributed by atoms with van der Waals surface area (Å²) in [6, 6.07) is 11.8. The molecule has 1 amide bonds. The van der Waals surface area contributed by atoms with Gasteiger partial charge in [-0.3, -0.25) is 15.0 Å². The van der Waals surface area contributed by atoms with Gasteiger partial charge in [-0.1, -0.05) is 30.3 Å². The molecule has 0 fully saturated rings. The molecule has 0 aliphatic heterocycles. The van der Waals surface area contributed by atoms with Crippen LogP contribution in [-0.2, 0) is 4.74 Å². The van der Waals surface area contributed by atoms with Crippen molar-refractivity contribution in [3.8, 4) is 0 Å². The van der Waals surface area contributed by atoms with E-state index in [1.54, 1.807) is 18.2 Å². The Kier molecular flexibility index (Phi) is 4.30. The quantitative estimate of drug-likeness (QED) is 0.742. The molecule has 1 aromatic heterocycles. The predicted octanol–water partition coefficient (Wildman–Crippen LogP) is 2.31. The van der Waals surface area contributed by atoms with Gasteiger partial charge in [-0.25, -0.2) is 13.9 Å². The van der Waals surface area contributed by atoms with E-state index < -0.39 is 23.3 Å². The van der Waals surface area contributed by atoms with Crippen LogP contribution in [0.25, 0.3) is 10.8 Å². The van der Waals surface area contributed by atoms with E-state index >= 15 is 0 Å². The number of esters is 1. The van der Waals surface area contributed by atoms with E-state index in [9.17, 15) is 18.8 Å². The van der Waals surface area contributed by atoms with Crippen LogP contribution in [0, 0.1) is 5.82 Å². The third-order valence-corrected chi connectivity index (χ3v) is 3.67. The molecule has 25 heavy (non-hydrogen) atoms. The van der Waals surface area contributed by atoms with Gasteiger partial charge in [0.1, 0.15) is 5.82 Å². The van der Waals surface area contributed by atoms with Crippen LogP contribution < -0.4 is 11.0 Å². The topological polar surface area (TPSA) is 77.4 Å². The molecule has 6 nitrogen and oxygen atoms in total. The fraction of sp³-hybridized carbons (Fsp3) is 0.0556. The van der Waals surface area contributed by atoms with E-state index in [1.807, 2.05) is 0 Å². The van der Waals surface area contributed by atoms with Gasteiger partial charge < -0.3 is 4.74 Å². The average molecular weight is 340 g/mol. The second kappa shape index (κ2) is 6.56. The highest BCUT2D eigenvalue weighted by Crippen LogP contribution is 2.16. The monoisotopic (exact) mass is 340 g/mol. The van der Waals surface area contributed by atoms with E-state index in [0.717, 1.165) is 16.9 Å². The maximum atomic E-state index is 13.7. The van der Waals surface area contributed by atoms with Crippen LogP contribution in [-0.4, -0.2) is 23.7 Å². The van der Waals surface area contributed by atoms with Crippen molar-refractivity contribution >= 4 is 22.6 Å². The van der Waals surface area contributed by atoms with Gasteiger partial charge in [0, 0.05) is 17.0 Å². The summed E-state index contributed by atoms with van der Waals surface area (Å²) in [5.41, 5.74) is 1.63. The van der Waals surface area contributed by atoms with Crippen molar-refractivity contribution in [1.29, 1.82) is 0 Å². The van der Waals surface area contributed by atoms with Crippen molar-refractivity contribution in [2.75, 3.05) is 12.5 Å². The largest absolute Gasteiger partial charge is 0.465 e. The first-order chi connectivity index (χ1) is 12.0. The Labute approximate surface area is 141 Å². The molecular formula is C18H13FN2O4. The SMILES string of the molecule is COC(=O)c1cn(NC(=O)c2ccccc2F)c(=O)c2ccccc12. The maximum Gasteiger partial charge on any atom is 0.340 e. The predicted molar refractivity (Wildman–Crippen MR) is 89.6 cm³/mol. The molecule has 0 saturated carbocycles. The zero-order valence-corrected chi connectivity index (χ0v) is 13.2. The first-order valence-electron chi connectivity index (χ1n) is 7.31. The van der Waals surface area contributed by atoms with Gasteiger partial charge in [0.05, 0.1) is 18.2 Å². The molecule has 126 valence electrons. The molecule has 1 heterocycles. The highest BCUT2D eigenvalue weighted by Gasteiger charge is 2.17. The number of ether oxygens (including phenoxy) is 1. The summed E-state index contributed by atoms with van der Waals surface area (Å²) in [4.78, 5) is 36.8. The molecule has 1 N–H and O–H groups in total. The minimum absolute atomic E-state index is 0.103. The van der Waals surface area contributed by atoms with Gasteiger partial charge in [-0.2, -0.15) is 0 Å². The van der Waals surface area contributed by atoms with Crippen LogP contribution in [0.15, 0.2) is 59.5 Å². The summed E-state index contributed by atoms with van der Waals surface area (Å²) >= 11 is 0. The summed E-state index contributed by atoms with van der Waals surface area (Å²) in [5, 5.41) is 0.620. The Bertz CT molecular complexity index is 1040. The summed E-state index contributed by atoms with van der Waals surface area (Å²) in [7, 11) is 1.21. The van der Waals surface area contributed by atoms with Crippen LogP contribution in [0.5, 0.6) is 0 Å². The van der Waals surface area contributed by atoms with E-state index in [1.165, 1.54) is 31.4 Å². The molecule has 3 aromatic rings. The number of halogens is 1. The number of hydrogen-bond donors (Lipinski definition) is 1. The van der Waals surface area contributed by atoms with Crippen LogP contribution in [0.2, 0.25) is 0 Å². The summed E-state index contributed by atoms with van der Waals surface area (Å²) in [5.74, 6) is -2.20. The number of nitrogens with zero attached hydrogens (tertiary/aromatic N) is 1. The van der Waals surface area contributed by atoms with Crippen molar-refractivity contribution in [3.05, 3.63) is 82.0 Å². The van der Waals surface area contributed by atoms with Gasteiger partial charge in [-0.15, -0.1) is 0 Å². The molecule has 0 radical (unpaired) electrons. The number of pyridine rings is 1. The number of fused-ring (bicyclic) bond motifs is 1. The second-order valence-corrected chi connectivity index (χ2v) is 5.18. The lowest BCUT2D eigenvalue weighted by atomic mass is 10.1. The van der Waals surface area contributed by atoms with Crippen molar-refractivity contribution in [2.24, 2.45) is 0 Å². The minimum atomic E-state index is -0.814. The van der Waals surface area contributed by atoms with E-state index in [4.69, 9.17) is 4.74 Å². The van der Waals surface area contributed by atoms with Crippen molar-refractivity contribution in [2.45, 2.75) is 0 Å². The molecule has 0 bridgehead atoms. The second-order valence-electron chi connectivity index (χ2n) is 5.18. The number of carbonyl (C=O) groups excluding carboxylic acids is 2. The standard InChI is InChI=1S/C18H13FN2O4/c1-25-18(24)14-10-21(17(23)12-7-3-2-6-11(12)14)20-16(22)13-8-4-5-9-15(13)19/h2-10H,1H3,(H,20,22). The van der Waals surface area contributed by atoms with Crippen molar-refractivity contribution in [1.82, 2.24) is 4.68 Å². The lowest BCUT2D eigenvalue weighted by Gasteiger charge is -2.12. The van der Waals surface area contributed by atoms with Gasteiger partial charge in [-0.05, 0) is 18.2 Å². The molecule has 0 saturated heterocycles. The Hall–Kier alpha value is -3.48. The van der Waals surface area contributed by atoms with Gasteiger partial charge in [0.15, 0.2) is 0 Å². The lowest BCUT2D eigenvalue weighted by Crippen LogP contribution is -2.34. The molecule has 0 aliphatic carbocycles. The smallest absolute Gasteiger partial charge is 0.340 e. The number of rotatable bonds is 3. The number of amides is 1. The van der Waals surface area contributed by atoms with Gasteiger partial charge >= 0.3 is 5.97 Å². The molecule has 0 spiro atoms. The Morgan fingerprint density at radius 3 is 2.32 bits per heavy atom. The highest BCUT2D eigenvalue weighted by molar-refractivity contribution is 6.04. The summed E-state index contributed by atoms with van der Waals surface area (Å²) < 4.78 is 19.3. The normalized spacial score (nSPS) is 10.5. The van der Waals surface area contributed by atoms with Crippen LogP contribution in [0.3, 0.4) is 0 Å². The third-order valence-electron chi connectivity index (χ3n) is 3.67. The fourth-order valence-corrected chi connectivity index (χ4v) is 2.46. The number of hydrogen-bond acceptors (Lipinski definition) is 4. The van der Waals surface area contributed by atoms with E-state index in [0.29, 0.717) is 5.39 Å². The van der Waals surface area contributed by atoms with E-state index in [-0.39, 0.29) is 16.5 Å². The minimum Gasteiger partial charge on any atom is -0.465 e. The molecule has 0 aliphatic rings. The summed E-state index contributed by atoms with van der Waals surface area (Å²) in [6.45, 7) is 0. The molecule has 2 aromatic carbocycles. The van der Waals surface area contributed by atoms with Crippen LogP contribution in [0.1, 0.15) is 20.7 Å². The number of carbonyl (C=O) groups is 2. The number of aromatic nitrogens is 1. The van der Waals surface area contributed by atoms with Crippen LogP contribution >= 0.6 is 0 Å². The number of nitrogens with one attached hydrogen (secondary N) is 1. The lowest BCUT2D eigenvalue weighted by molar-refractivity contribution is 0.0601. The first kappa shape index (κ1) is 16.4. The highest BCUT2D eigenvalue weighted by atomic mass is 19.1. The Morgan fingerprint density at radius 2 is 1.64 bits per heavy atom. The zero-order chi connectivity index (χ0) is 18.0. The number of benzene rings is 2. The van der Waals surface area contributed by atoms with Crippen molar-refractivity contribution < 1.29 is 18.7 Å². The molecule has 0 atom stereocenters. The van der Waals surface area contributed by atoms with Crippen molar-refractivity contribution in [3.63, 3.8) is 0 Å². The maximum absolute atomic E-state index is 13.7. The fourth-order valence-electron chi connectivity index (χ4n) is 2.46. The molecule has 3 rings (SSSR count). The molecule has 7 heteroatoms. The number of methoxy groups -OCH3 is 1. The molecular weight excluding hydrogens is 327 g/mol. The zero-order valence-electron chi connectivity index (χ0n) is 13.2. The average Bonchev–Trinajstić information content (AvgIpc) is 2.63. The van der Waals surface area contributed by atoms with Gasteiger partial charge in [0.25, 0.3) is 11.5 Å². The van der Waals surface area contributed by atoms with E-state index in [2.05, 4.69) is 5.43 Å². The molecule has 0 unspecified atom stereocenters. The van der Waals surface area contributed by atoms with Crippen LogP contribution in [0.4, 0.5) is 4.39 Å². The summed E-state index contributed by atoms with van der Waals surface area (Å²) in [6.07, 6.45) is 1.16. The van der Waals surface area contributed by atoms with Gasteiger partial charge in [0.2, 0.25) is 0 Å². The Balaban J connectivity index is 2.12. The first-order valence-corrected chi connectivity index (χ1v) is 7.31.